The highest BCUT2D eigenvalue weighted by atomic mass is 16.5. The van der Waals surface area contributed by atoms with Crippen molar-refractivity contribution in [2.24, 2.45) is 17.8 Å². The minimum absolute atomic E-state index is 0.761. The van der Waals surface area contributed by atoms with E-state index in [4.69, 9.17) is 4.74 Å². The Bertz CT molecular complexity index is 214. The molecule has 100 valence electrons. The monoisotopic (exact) mass is 240 g/mol. The SMILES string of the molecule is CC(C)C1CCN(CCNCC2CCOC2)C1. The molecule has 2 atom stereocenters. The zero-order valence-electron chi connectivity index (χ0n) is 11.5. The van der Waals surface area contributed by atoms with Crippen molar-refractivity contribution in [2.75, 3.05) is 45.9 Å². The summed E-state index contributed by atoms with van der Waals surface area (Å²) in [6, 6.07) is 0. The lowest BCUT2D eigenvalue weighted by molar-refractivity contribution is 0.185. The molecule has 2 aliphatic heterocycles. The first-order valence-electron chi connectivity index (χ1n) is 7.26. The van der Waals surface area contributed by atoms with Gasteiger partial charge in [0, 0.05) is 32.8 Å². The molecular weight excluding hydrogens is 212 g/mol. The number of hydrogen-bond donors (Lipinski definition) is 1. The summed E-state index contributed by atoms with van der Waals surface area (Å²) < 4.78 is 5.38. The molecule has 0 aliphatic carbocycles. The van der Waals surface area contributed by atoms with Crippen molar-refractivity contribution in [1.82, 2.24) is 10.2 Å². The van der Waals surface area contributed by atoms with Crippen LogP contribution in [0.5, 0.6) is 0 Å². The average molecular weight is 240 g/mol. The van der Waals surface area contributed by atoms with Crippen molar-refractivity contribution in [3.63, 3.8) is 0 Å². The molecule has 0 amide bonds. The van der Waals surface area contributed by atoms with Gasteiger partial charge in [0.1, 0.15) is 0 Å². The number of nitrogens with one attached hydrogen (secondary N) is 1. The van der Waals surface area contributed by atoms with Crippen molar-refractivity contribution < 1.29 is 4.74 Å². The highest BCUT2D eigenvalue weighted by Gasteiger charge is 2.24. The zero-order valence-corrected chi connectivity index (χ0v) is 11.5. The molecule has 17 heavy (non-hydrogen) atoms. The summed E-state index contributed by atoms with van der Waals surface area (Å²) in [6.07, 6.45) is 2.64. The summed E-state index contributed by atoms with van der Waals surface area (Å²) in [6.45, 7) is 12.8. The van der Waals surface area contributed by atoms with Crippen molar-refractivity contribution in [3.8, 4) is 0 Å². The number of hydrogen-bond acceptors (Lipinski definition) is 3. The summed E-state index contributed by atoms with van der Waals surface area (Å²) in [5, 5.41) is 3.58. The van der Waals surface area contributed by atoms with Gasteiger partial charge in [-0.15, -0.1) is 0 Å². The van der Waals surface area contributed by atoms with Crippen molar-refractivity contribution >= 4 is 0 Å². The molecule has 3 heteroatoms. The molecule has 0 spiro atoms. The smallest absolute Gasteiger partial charge is 0.0507 e. The largest absolute Gasteiger partial charge is 0.381 e. The highest BCUT2D eigenvalue weighted by Crippen LogP contribution is 2.22. The molecule has 0 saturated carbocycles. The van der Waals surface area contributed by atoms with Crippen LogP contribution in [0.2, 0.25) is 0 Å². The van der Waals surface area contributed by atoms with Crippen molar-refractivity contribution in [2.45, 2.75) is 26.7 Å². The molecule has 0 aromatic carbocycles. The van der Waals surface area contributed by atoms with Gasteiger partial charge in [-0.25, -0.2) is 0 Å². The van der Waals surface area contributed by atoms with Gasteiger partial charge in [0.15, 0.2) is 0 Å². The van der Waals surface area contributed by atoms with E-state index < -0.39 is 0 Å². The van der Waals surface area contributed by atoms with Gasteiger partial charge in [-0.05, 0) is 37.1 Å². The minimum atomic E-state index is 0.761. The predicted octanol–water partition coefficient (Wildman–Crippen LogP) is 1.59. The summed E-state index contributed by atoms with van der Waals surface area (Å²) in [5.74, 6) is 2.54. The Hall–Kier alpha value is -0.120. The second-order valence-corrected chi connectivity index (χ2v) is 6.03. The van der Waals surface area contributed by atoms with Crippen LogP contribution in [0.25, 0.3) is 0 Å². The molecule has 1 N–H and O–H groups in total. The molecule has 2 rings (SSSR count). The van der Waals surface area contributed by atoms with E-state index in [1.54, 1.807) is 0 Å². The van der Waals surface area contributed by atoms with Crippen molar-refractivity contribution in [3.05, 3.63) is 0 Å². The Kier molecular flexibility index (Phi) is 5.26. The van der Waals surface area contributed by atoms with Gasteiger partial charge in [0.05, 0.1) is 6.61 Å². The van der Waals surface area contributed by atoms with E-state index in [9.17, 15) is 0 Å². The third-order valence-corrected chi connectivity index (χ3v) is 4.31. The van der Waals surface area contributed by atoms with Crippen LogP contribution < -0.4 is 5.32 Å². The summed E-state index contributed by atoms with van der Waals surface area (Å²) >= 11 is 0. The van der Waals surface area contributed by atoms with Crippen LogP contribution in [0.3, 0.4) is 0 Å². The second kappa shape index (κ2) is 6.72. The van der Waals surface area contributed by atoms with Crippen LogP contribution in [0.15, 0.2) is 0 Å². The number of likely N-dealkylation sites (tertiary alicyclic amines) is 1. The van der Waals surface area contributed by atoms with E-state index in [0.29, 0.717) is 0 Å². The van der Waals surface area contributed by atoms with Gasteiger partial charge in [0.25, 0.3) is 0 Å². The van der Waals surface area contributed by atoms with E-state index in [1.807, 2.05) is 0 Å². The van der Waals surface area contributed by atoms with Gasteiger partial charge >= 0.3 is 0 Å². The molecule has 3 nitrogen and oxygen atoms in total. The van der Waals surface area contributed by atoms with Crippen molar-refractivity contribution in [1.29, 1.82) is 0 Å². The lowest BCUT2D eigenvalue weighted by Gasteiger charge is -2.18. The molecule has 2 heterocycles. The first kappa shape index (κ1) is 13.3. The molecule has 2 aliphatic rings. The Morgan fingerprint density at radius 1 is 1.35 bits per heavy atom. The fraction of sp³-hybridized carbons (Fsp3) is 1.00. The summed E-state index contributed by atoms with van der Waals surface area (Å²) in [5.41, 5.74) is 0. The molecule has 2 saturated heterocycles. The maximum atomic E-state index is 5.38. The first-order chi connectivity index (χ1) is 8.25. The van der Waals surface area contributed by atoms with Crippen LogP contribution in [0.1, 0.15) is 26.7 Å². The van der Waals surface area contributed by atoms with Gasteiger partial charge < -0.3 is 15.0 Å². The molecular formula is C14H28N2O. The standard InChI is InChI=1S/C14H28N2O/c1-12(2)14-3-6-16(10-14)7-5-15-9-13-4-8-17-11-13/h12-15H,3-11H2,1-2H3. The topological polar surface area (TPSA) is 24.5 Å². The lowest BCUT2D eigenvalue weighted by atomic mass is 9.95. The lowest BCUT2D eigenvalue weighted by Crippen LogP contribution is -2.33. The molecule has 0 aromatic heterocycles. The Morgan fingerprint density at radius 2 is 2.24 bits per heavy atom. The first-order valence-corrected chi connectivity index (χ1v) is 7.26. The van der Waals surface area contributed by atoms with Crippen LogP contribution in [0, 0.1) is 17.8 Å². The van der Waals surface area contributed by atoms with E-state index in [2.05, 4.69) is 24.1 Å². The van der Waals surface area contributed by atoms with E-state index in [0.717, 1.165) is 44.1 Å². The number of rotatable bonds is 6. The second-order valence-electron chi connectivity index (χ2n) is 6.03. The van der Waals surface area contributed by atoms with Crippen LogP contribution in [-0.4, -0.2) is 50.8 Å². The molecule has 2 fully saturated rings. The van der Waals surface area contributed by atoms with Gasteiger partial charge in [0.2, 0.25) is 0 Å². The summed E-state index contributed by atoms with van der Waals surface area (Å²) in [4.78, 5) is 2.61. The van der Waals surface area contributed by atoms with Crippen LogP contribution in [0.4, 0.5) is 0 Å². The maximum Gasteiger partial charge on any atom is 0.0507 e. The quantitative estimate of drug-likeness (QED) is 0.714. The van der Waals surface area contributed by atoms with Gasteiger partial charge in [-0.2, -0.15) is 0 Å². The highest BCUT2D eigenvalue weighted by molar-refractivity contribution is 4.78. The van der Waals surface area contributed by atoms with E-state index >= 15 is 0 Å². The number of nitrogens with zero attached hydrogens (tertiary/aromatic N) is 1. The van der Waals surface area contributed by atoms with Crippen LogP contribution >= 0.6 is 0 Å². The van der Waals surface area contributed by atoms with Gasteiger partial charge in [-0.1, -0.05) is 13.8 Å². The molecule has 0 bridgehead atoms. The Labute approximate surface area is 106 Å². The zero-order chi connectivity index (χ0) is 12.1. The summed E-state index contributed by atoms with van der Waals surface area (Å²) in [7, 11) is 0. The van der Waals surface area contributed by atoms with Crippen LogP contribution in [-0.2, 0) is 4.74 Å². The molecule has 0 radical (unpaired) electrons. The van der Waals surface area contributed by atoms with Gasteiger partial charge in [-0.3, -0.25) is 0 Å². The fourth-order valence-corrected chi connectivity index (χ4v) is 2.90. The molecule has 2 unspecified atom stereocenters. The third-order valence-electron chi connectivity index (χ3n) is 4.31. The van der Waals surface area contributed by atoms with E-state index in [-0.39, 0.29) is 0 Å². The maximum absolute atomic E-state index is 5.38. The normalized spacial score (nSPS) is 30.5. The average Bonchev–Trinajstić information content (AvgIpc) is 2.96. The fourth-order valence-electron chi connectivity index (χ4n) is 2.90. The number of ether oxygens (including phenoxy) is 1. The molecule has 0 aromatic rings. The third kappa shape index (κ3) is 4.23. The Morgan fingerprint density at radius 3 is 2.88 bits per heavy atom. The minimum Gasteiger partial charge on any atom is -0.381 e. The van der Waals surface area contributed by atoms with E-state index in [1.165, 1.54) is 32.5 Å². The predicted molar refractivity (Wildman–Crippen MR) is 71.2 cm³/mol. The Balaban J connectivity index is 1.51.